The standard InChI is InChI=1S/C11H13IN4O/c12-7-1-13-11(14-2-7)16-4-9-10(16)3-15(9)8-5-17-6-8/h1-2,8-10H,3-6H2/t9-,10?/m0/s1. The number of hydrogen-bond donors (Lipinski definition) is 0. The van der Waals surface area contributed by atoms with Gasteiger partial charge in [-0.05, 0) is 22.6 Å². The zero-order valence-electron chi connectivity index (χ0n) is 9.29. The molecule has 3 aliphatic rings. The summed E-state index contributed by atoms with van der Waals surface area (Å²) in [4.78, 5) is 13.7. The van der Waals surface area contributed by atoms with Gasteiger partial charge in [-0.1, -0.05) is 0 Å². The van der Waals surface area contributed by atoms with Crippen LogP contribution in [0.2, 0.25) is 0 Å². The third-order valence-electron chi connectivity index (χ3n) is 4.01. The Morgan fingerprint density at radius 3 is 2.47 bits per heavy atom. The van der Waals surface area contributed by atoms with E-state index in [2.05, 4.69) is 42.4 Å². The first-order chi connectivity index (χ1) is 8.33. The second-order valence-corrected chi connectivity index (χ2v) is 6.12. The molecular formula is C11H13IN4O. The molecule has 4 heterocycles. The molecule has 0 N–H and O–H groups in total. The van der Waals surface area contributed by atoms with E-state index in [1.54, 1.807) is 0 Å². The van der Waals surface area contributed by atoms with Crippen LogP contribution >= 0.6 is 22.6 Å². The van der Waals surface area contributed by atoms with E-state index in [-0.39, 0.29) is 0 Å². The first-order valence-corrected chi connectivity index (χ1v) is 6.98. The largest absolute Gasteiger partial charge is 0.378 e. The summed E-state index contributed by atoms with van der Waals surface area (Å²) >= 11 is 2.23. The van der Waals surface area contributed by atoms with E-state index >= 15 is 0 Å². The van der Waals surface area contributed by atoms with Gasteiger partial charge < -0.3 is 9.64 Å². The fourth-order valence-electron chi connectivity index (χ4n) is 2.81. The number of likely N-dealkylation sites (tertiary alicyclic amines) is 1. The molecule has 0 spiro atoms. The Morgan fingerprint density at radius 1 is 1.18 bits per heavy atom. The molecule has 0 radical (unpaired) electrons. The van der Waals surface area contributed by atoms with Gasteiger partial charge >= 0.3 is 0 Å². The van der Waals surface area contributed by atoms with Gasteiger partial charge in [-0.25, -0.2) is 9.97 Å². The van der Waals surface area contributed by atoms with E-state index in [0.717, 1.165) is 35.8 Å². The Balaban J connectivity index is 1.42. The highest BCUT2D eigenvalue weighted by atomic mass is 127. The highest BCUT2D eigenvalue weighted by Crippen LogP contribution is 2.38. The minimum atomic E-state index is 0.635. The Hall–Kier alpha value is -0.470. The Bertz CT molecular complexity index is 436. The predicted molar refractivity (Wildman–Crippen MR) is 71.0 cm³/mol. The van der Waals surface area contributed by atoms with Crippen LogP contribution in [0.5, 0.6) is 0 Å². The topological polar surface area (TPSA) is 41.5 Å². The molecule has 0 aliphatic carbocycles. The van der Waals surface area contributed by atoms with Crippen molar-refractivity contribution < 1.29 is 4.74 Å². The summed E-state index contributed by atoms with van der Waals surface area (Å²) in [6.45, 7) is 4.06. The van der Waals surface area contributed by atoms with E-state index in [1.807, 2.05) is 12.4 Å². The van der Waals surface area contributed by atoms with Crippen LogP contribution in [-0.4, -0.2) is 59.3 Å². The molecule has 1 aromatic rings. The first kappa shape index (κ1) is 10.5. The summed E-state index contributed by atoms with van der Waals surface area (Å²) in [5.74, 6) is 0.885. The molecule has 5 nitrogen and oxygen atoms in total. The molecule has 1 unspecified atom stereocenters. The molecule has 0 amide bonds. The van der Waals surface area contributed by atoms with Crippen molar-refractivity contribution in [2.75, 3.05) is 31.2 Å². The summed E-state index contributed by atoms with van der Waals surface area (Å²) < 4.78 is 6.33. The molecule has 3 aliphatic heterocycles. The minimum Gasteiger partial charge on any atom is -0.378 e. The van der Waals surface area contributed by atoms with Gasteiger partial charge in [0.15, 0.2) is 0 Å². The molecule has 3 fully saturated rings. The molecule has 2 atom stereocenters. The number of hydrogen-bond acceptors (Lipinski definition) is 5. The summed E-state index contributed by atoms with van der Waals surface area (Å²) in [7, 11) is 0. The SMILES string of the molecule is Ic1cnc(N2C[C@H]3C2CN3C2COC2)nc1. The molecule has 0 saturated carbocycles. The summed E-state index contributed by atoms with van der Waals surface area (Å²) in [5.41, 5.74) is 0. The van der Waals surface area contributed by atoms with Gasteiger partial charge in [-0.15, -0.1) is 0 Å². The second kappa shape index (κ2) is 3.76. The van der Waals surface area contributed by atoms with E-state index in [0.29, 0.717) is 18.1 Å². The zero-order valence-corrected chi connectivity index (χ0v) is 11.4. The second-order valence-electron chi connectivity index (χ2n) is 4.88. The number of aromatic nitrogens is 2. The molecule has 3 saturated heterocycles. The lowest BCUT2D eigenvalue weighted by atomic mass is 9.84. The average molecular weight is 344 g/mol. The lowest BCUT2D eigenvalue weighted by molar-refractivity contribution is -0.132. The van der Waals surface area contributed by atoms with Gasteiger partial charge in [-0.3, -0.25) is 4.90 Å². The van der Waals surface area contributed by atoms with Crippen molar-refractivity contribution >= 4 is 28.5 Å². The first-order valence-electron chi connectivity index (χ1n) is 5.90. The Kier molecular flexibility index (Phi) is 2.31. The van der Waals surface area contributed by atoms with Gasteiger partial charge in [0.1, 0.15) is 0 Å². The highest BCUT2D eigenvalue weighted by Gasteiger charge is 2.55. The summed E-state index contributed by atoms with van der Waals surface area (Å²) in [6, 6.07) is 2.03. The predicted octanol–water partition coefficient (Wildman–Crippen LogP) is 0.353. The minimum absolute atomic E-state index is 0.635. The number of piperazine rings is 1. The van der Waals surface area contributed by atoms with Crippen LogP contribution in [0.25, 0.3) is 0 Å². The molecule has 0 aromatic carbocycles. The van der Waals surface area contributed by atoms with Gasteiger partial charge in [0, 0.05) is 35.1 Å². The summed E-state index contributed by atoms with van der Waals surface area (Å²) in [6.07, 6.45) is 3.76. The number of nitrogens with zero attached hydrogens (tertiary/aromatic N) is 4. The van der Waals surface area contributed by atoms with Crippen molar-refractivity contribution in [3.8, 4) is 0 Å². The third-order valence-corrected chi connectivity index (χ3v) is 4.56. The number of halogens is 1. The number of anilines is 1. The lowest BCUT2D eigenvalue weighted by Gasteiger charge is -2.64. The van der Waals surface area contributed by atoms with Crippen LogP contribution in [0.15, 0.2) is 12.4 Å². The van der Waals surface area contributed by atoms with E-state index < -0.39 is 0 Å². The summed E-state index contributed by atoms with van der Waals surface area (Å²) in [5, 5.41) is 0. The van der Waals surface area contributed by atoms with Gasteiger partial charge in [-0.2, -0.15) is 0 Å². The van der Waals surface area contributed by atoms with Crippen molar-refractivity contribution in [3.63, 3.8) is 0 Å². The average Bonchev–Trinajstić information content (AvgIpc) is 2.24. The van der Waals surface area contributed by atoms with Gasteiger partial charge in [0.05, 0.1) is 25.3 Å². The van der Waals surface area contributed by atoms with Crippen LogP contribution in [-0.2, 0) is 4.74 Å². The van der Waals surface area contributed by atoms with Gasteiger partial charge in [0.2, 0.25) is 5.95 Å². The van der Waals surface area contributed by atoms with Crippen LogP contribution < -0.4 is 4.90 Å². The smallest absolute Gasteiger partial charge is 0.225 e. The lowest BCUT2D eigenvalue weighted by Crippen LogP contribution is -2.82. The van der Waals surface area contributed by atoms with E-state index in [9.17, 15) is 0 Å². The number of fused-ring (bicyclic) bond motifs is 1. The maximum Gasteiger partial charge on any atom is 0.225 e. The fourth-order valence-corrected chi connectivity index (χ4v) is 3.08. The van der Waals surface area contributed by atoms with Crippen molar-refractivity contribution in [1.29, 1.82) is 0 Å². The third kappa shape index (κ3) is 1.50. The van der Waals surface area contributed by atoms with Gasteiger partial charge in [0.25, 0.3) is 0 Å². The Labute approximate surface area is 113 Å². The zero-order chi connectivity index (χ0) is 11.4. The van der Waals surface area contributed by atoms with Crippen LogP contribution in [0.4, 0.5) is 5.95 Å². The van der Waals surface area contributed by atoms with Crippen LogP contribution in [0.3, 0.4) is 0 Å². The van der Waals surface area contributed by atoms with Crippen molar-refractivity contribution in [2.24, 2.45) is 0 Å². The maximum absolute atomic E-state index is 5.24. The molecule has 17 heavy (non-hydrogen) atoms. The Morgan fingerprint density at radius 2 is 1.94 bits per heavy atom. The quantitative estimate of drug-likeness (QED) is 0.725. The fraction of sp³-hybridized carbons (Fsp3) is 0.636. The highest BCUT2D eigenvalue weighted by molar-refractivity contribution is 14.1. The van der Waals surface area contributed by atoms with Crippen LogP contribution in [0, 0.1) is 3.57 Å². The monoisotopic (exact) mass is 344 g/mol. The molecule has 6 heteroatoms. The van der Waals surface area contributed by atoms with Crippen molar-refractivity contribution in [1.82, 2.24) is 14.9 Å². The number of ether oxygens (including phenoxy) is 1. The van der Waals surface area contributed by atoms with Crippen molar-refractivity contribution in [3.05, 3.63) is 16.0 Å². The molecular weight excluding hydrogens is 331 g/mol. The van der Waals surface area contributed by atoms with E-state index in [1.165, 1.54) is 0 Å². The van der Waals surface area contributed by atoms with Crippen LogP contribution in [0.1, 0.15) is 0 Å². The molecule has 90 valence electrons. The number of rotatable bonds is 2. The molecule has 4 rings (SSSR count). The normalized spacial score (nSPS) is 32.4. The van der Waals surface area contributed by atoms with Crippen molar-refractivity contribution in [2.45, 2.75) is 18.1 Å². The molecule has 0 bridgehead atoms. The molecule has 1 aromatic heterocycles. The van der Waals surface area contributed by atoms with E-state index in [4.69, 9.17) is 4.74 Å². The maximum atomic E-state index is 5.24.